The normalized spacial score (nSPS) is 17.8. The number of carbonyl (C=O) groups excluding carboxylic acids is 2. The van der Waals surface area contributed by atoms with E-state index in [0.29, 0.717) is 16.3 Å². The number of hydrogen-bond donors (Lipinski definition) is 1. The maximum atomic E-state index is 12.9. The molecule has 1 amide bonds. The minimum absolute atomic E-state index is 0.439. The van der Waals surface area contributed by atoms with E-state index in [0.717, 1.165) is 11.0 Å². The van der Waals surface area contributed by atoms with Gasteiger partial charge >= 0.3 is 13.1 Å². The second-order valence-corrected chi connectivity index (χ2v) is 9.13. The van der Waals surface area contributed by atoms with E-state index < -0.39 is 36.3 Å². The van der Waals surface area contributed by atoms with Gasteiger partial charge in [-0.05, 0) is 69.9 Å². The first-order chi connectivity index (χ1) is 14.4. The van der Waals surface area contributed by atoms with E-state index in [2.05, 4.69) is 5.32 Å². The molecular formula is C23H27BClNO5. The van der Waals surface area contributed by atoms with E-state index in [1.807, 2.05) is 46.8 Å². The molecule has 1 aliphatic rings. The van der Waals surface area contributed by atoms with E-state index in [1.54, 1.807) is 30.3 Å². The van der Waals surface area contributed by atoms with Crippen LogP contribution >= 0.6 is 11.6 Å². The minimum atomic E-state index is -1.11. The lowest BCUT2D eigenvalue weighted by Gasteiger charge is -2.32. The summed E-state index contributed by atoms with van der Waals surface area (Å²) in [6.07, 6.45) is -1.11. The Bertz CT molecular complexity index is 991. The number of anilines is 1. The lowest BCUT2D eigenvalue weighted by Crippen LogP contribution is -2.41. The highest BCUT2D eigenvalue weighted by Gasteiger charge is 2.52. The number of hydrogen-bond acceptors (Lipinski definition) is 5. The number of carbonyl (C=O) groups is 2. The van der Waals surface area contributed by atoms with Crippen LogP contribution in [-0.4, -0.2) is 30.2 Å². The van der Waals surface area contributed by atoms with Crippen molar-refractivity contribution in [1.82, 2.24) is 0 Å². The second-order valence-electron chi connectivity index (χ2n) is 8.69. The van der Waals surface area contributed by atoms with Gasteiger partial charge in [0.2, 0.25) is 6.10 Å². The van der Waals surface area contributed by atoms with Gasteiger partial charge in [-0.3, -0.25) is 9.59 Å². The molecule has 0 bridgehead atoms. The highest BCUT2D eigenvalue weighted by atomic mass is 35.5. The maximum absolute atomic E-state index is 12.9. The van der Waals surface area contributed by atoms with Crippen LogP contribution in [0.5, 0.6) is 0 Å². The van der Waals surface area contributed by atoms with Crippen LogP contribution in [0.3, 0.4) is 0 Å². The zero-order valence-corrected chi connectivity index (χ0v) is 19.4. The van der Waals surface area contributed by atoms with Gasteiger partial charge in [-0.1, -0.05) is 29.8 Å². The molecule has 0 spiro atoms. The molecule has 31 heavy (non-hydrogen) atoms. The Hall–Kier alpha value is -2.35. The average molecular weight is 444 g/mol. The first-order valence-electron chi connectivity index (χ1n) is 10.1. The van der Waals surface area contributed by atoms with Gasteiger partial charge in [0, 0.05) is 23.2 Å². The number of rotatable bonds is 5. The largest absolute Gasteiger partial charge is 0.495 e. The lowest BCUT2D eigenvalue weighted by atomic mass is 9.76. The first-order valence-corrected chi connectivity index (χ1v) is 10.5. The van der Waals surface area contributed by atoms with Crippen LogP contribution in [0.15, 0.2) is 42.5 Å². The molecule has 2 aromatic rings. The Labute approximate surface area is 188 Å². The third-order valence-electron chi connectivity index (χ3n) is 5.72. The number of nitrogens with one attached hydrogen (secondary N) is 1. The second kappa shape index (κ2) is 8.65. The molecule has 1 unspecified atom stereocenters. The molecule has 164 valence electrons. The quantitative estimate of drug-likeness (QED) is 0.554. The van der Waals surface area contributed by atoms with Gasteiger partial charge in [0.1, 0.15) is 0 Å². The van der Waals surface area contributed by atoms with Crippen LogP contribution in [0.4, 0.5) is 5.69 Å². The Morgan fingerprint density at radius 1 is 1.06 bits per heavy atom. The zero-order valence-electron chi connectivity index (χ0n) is 18.6. The summed E-state index contributed by atoms with van der Waals surface area (Å²) in [6, 6.07) is 12.1. The molecular weight excluding hydrogens is 417 g/mol. The highest BCUT2D eigenvalue weighted by Crippen LogP contribution is 2.36. The lowest BCUT2D eigenvalue weighted by molar-refractivity contribution is -0.152. The molecule has 1 N–H and O–H groups in total. The van der Waals surface area contributed by atoms with E-state index in [-0.39, 0.29) is 0 Å². The third-order valence-corrected chi connectivity index (χ3v) is 5.95. The SMILES string of the molecule is CC(=O)OC(C(=O)Nc1ccc(B2OC(C)(C)C(C)(C)O2)c(C)c1)c1cccc(Cl)c1. The van der Waals surface area contributed by atoms with Crippen LogP contribution < -0.4 is 10.8 Å². The van der Waals surface area contributed by atoms with Crippen molar-refractivity contribution in [3.05, 3.63) is 58.6 Å². The van der Waals surface area contributed by atoms with Crippen molar-refractivity contribution in [1.29, 1.82) is 0 Å². The van der Waals surface area contributed by atoms with Gasteiger partial charge in [0.05, 0.1) is 11.2 Å². The van der Waals surface area contributed by atoms with E-state index in [1.165, 1.54) is 6.92 Å². The van der Waals surface area contributed by atoms with Crippen LogP contribution in [0.2, 0.25) is 5.02 Å². The molecule has 1 heterocycles. The van der Waals surface area contributed by atoms with Gasteiger partial charge in [0.25, 0.3) is 5.91 Å². The van der Waals surface area contributed by atoms with Crippen LogP contribution in [0.1, 0.15) is 51.8 Å². The fourth-order valence-electron chi connectivity index (χ4n) is 3.30. The summed E-state index contributed by atoms with van der Waals surface area (Å²) < 4.78 is 17.5. The smallest absolute Gasteiger partial charge is 0.447 e. The maximum Gasteiger partial charge on any atom is 0.495 e. The summed E-state index contributed by atoms with van der Waals surface area (Å²) in [4.78, 5) is 24.5. The number of halogens is 1. The van der Waals surface area contributed by atoms with Crippen LogP contribution in [0, 0.1) is 6.92 Å². The molecule has 1 fully saturated rings. The molecule has 1 aliphatic heterocycles. The molecule has 0 aliphatic carbocycles. The van der Waals surface area contributed by atoms with Crippen molar-refractivity contribution < 1.29 is 23.6 Å². The molecule has 6 nitrogen and oxygen atoms in total. The number of esters is 1. The van der Waals surface area contributed by atoms with Gasteiger partial charge < -0.3 is 19.4 Å². The molecule has 0 radical (unpaired) electrons. The van der Waals surface area contributed by atoms with Gasteiger partial charge in [-0.2, -0.15) is 0 Å². The number of benzene rings is 2. The average Bonchev–Trinajstić information content (AvgIpc) is 2.86. The fraction of sp³-hybridized carbons (Fsp3) is 0.391. The highest BCUT2D eigenvalue weighted by molar-refractivity contribution is 6.62. The molecule has 0 aromatic heterocycles. The van der Waals surface area contributed by atoms with E-state index in [9.17, 15) is 9.59 Å². The number of amides is 1. The van der Waals surface area contributed by atoms with Crippen molar-refractivity contribution in [3.8, 4) is 0 Å². The standard InChI is InChI=1S/C23H27BClNO5/c1-14-12-18(10-11-19(14)24-30-22(3,4)23(5,6)31-24)26-21(28)20(29-15(2)27)16-8-7-9-17(25)13-16/h7-13,20H,1-6H3,(H,26,28). The molecule has 8 heteroatoms. The Morgan fingerprint density at radius 2 is 1.71 bits per heavy atom. The Kier molecular flexibility index (Phi) is 6.51. The summed E-state index contributed by atoms with van der Waals surface area (Å²) in [7, 11) is -0.491. The van der Waals surface area contributed by atoms with Crippen LogP contribution in [-0.2, 0) is 23.6 Å². The van der Waals surface area contributed by atoms with Crippen molar-refractivity contribution >= 4 is 41.7 Å². The Balaban J connectivity index is 1.80. The number of aryl methyl sites for hydroxylation is 1. The number of ether oxygens (including phenoxy) is 1. The molecule has 0 saturated carbocycles. The fourth-order valence-corrected chi connectivity index (χ4v) is 3.50. The van der Waals surface area contributed by atoms with Gasteiger partial charge in [-0.15, -0.1) is 0 Å². The summed E-state index contributed by atoms with van der Waals surface area (Å²) in [5, 5.41) is 3.26. The van der Waals surface area contributed by atoms with Crippen molar-refractivity contribution in [2.24, 2.45) is 0 Å². The summed E-state index contributed by atoms with van der Waals surface area (Å²) in [5.41, 5.74) is 1.98. The zero-order chi connectivity index (χ0) is 23.0. The van der Waals surface area contributed by atoms with Crippen LogP contribution in [0.25, 0.3) is 0 Å². The monoisotopic (exact) mass is 443 g/mol. The first kappa shape index (κ1) is 23.3. The topological polar surface area (TPSA) is 73.9 Å². The predicted octanol–water partition coefficient (Wildman–Crippen LogP) is 4.19. The molecule has 1 atom stereocenters. The van der Waals surface area contributed by atoms with E-state index in [4.69, 9.17) is 25.6 Å². The van der Waals surface area contributed by atoms with Crippen molar-refractivity contribution in [3.63, 3.8) is 0 Å². The predicted molar refractivity (Wildman–Crippen MR) is 121 cm³/mol. The van der Waals surface area contributed by atoms with Crippen molar-refractivity contribution in [2.45, 2.75) is 58.8 Å². The van der Waals surface area contributed by atoms with E-state index >= 15 is 0 Å². The molecule has 3 rings (SSSR count). The summed E-state index contributed by atoms with van der Waals surface area (Å²) in [6.45, 7) is 11.2. The van der Waals surface area contributed by atoms with Gasteiger partial charge in [0.15, 0.2) is 0 Å². The minimum Gasteiger partial charge on any atom is -0.447 e. The summed E-state index contributed by atoms with van der Waals surface area (Å²) in [5.74, 6) is -1.03. The van der Waals surface area contributed by atoms with Crippen molar-refractivity contribution in [2.75, 3.05) is 5.32 Å². The third kappa shape index (κ3) is 5.11. The summed E-state index contributed by atoms with van der Waals surface area (Å²) >= 11 is 6.03. The van der Waals surface area contributed by atoms with Gasteiger partial charge in [-0.25, -0.2) is 0 Å². The molecule has 1 saturated heterocycles. The molecule has 2 aromatic carbocycles. The Morgan fingerprint density at radius 3 is 2.26 bits per heavy atom.